The van der Waals surface area contributed by atoms with Gasteiger partial charge in [0.05, 0.1) is 6.04 Å². The van der Waals surface area contributed by atoms with Crippen molar-refractivity contribution in [2.75, 3.05) is 13.1 Å². The van der Waals surface area contributed by atoms with Gasteiger partial charge in [0, 0.05) is 25.5 Å². The maximum Gasteiger partial charge on any atom is 0.122 e. The molecule has 2 aromatic heterocycles. The van der Waals surface area contributed by atoms with Gasteiger partial charge in [-0.15, -0.1) is 0 Å². The average Bonchev–Trinajstić information content (AvgIpc) is 2.86. The van der Waals surface area contributed by atoms with Crippen molar-refractivity contribution in [2.24, 2.45) is 5.73 Å². The molecule has 0 aromatic carbocycles. The monoisotopic (exact) mass is 259 g/mol. The molecule has 2 heterocycles. The van der Waals surface area contributed by atoms with Gasteiger partial charge >= 0.3 is 0 Å². The van der Waals surface area contributed by atoms with Gasteiger partial charge in [0.1, 0.15) is 11.5 Å². The SMILES string of the molecule is CCN(Cc1ccncc1)C(CN)c1ccc(C)o1. The van der Waals surface area contributed by atoms with Gasteiger partial charge in [-0.25, -0.2) is 0 Å². The molecule has 0 aliphatic rings. The molecule has 0 amide bonds. The standard InChI is InChI=1S/C15H21N3O/c1-3-18(11-13-6-8-17-9-7-13)14(10-16)15-5-4-12(2)19-15/h4-9,14H,3,10-11,16H2,1-2H3. The van der Waals surface area contributed by atoms with E-state index in [4.69, 9.17) is 10.2 Å². The summed E-state index contributed by atoms with van der Waals surface area (Å²) in [7, 11) is 0. The first-order valence-corrected chi connectivity index (χ1v) is 6.64. The van der Waals surface area contributed by atoms with Crippen molar-refractivity contribution in [1.82, 2.24) is 9.88 Å². The quantitative estimate of drug-likeness (QED) is 0.866. The zero-order valence-electron chi connectivity index (χ0n) is 11.5. The third-order valence-electron chi connectivity index (χ3n) is 3.29. The summed E-state index contributed by atoms with van der Waals surface area (Å²) >= 11 is 0. The number of furan rings is 1. The van der Waals surface area contributed by atoms with Crippen LogP contribution in [0.1, 0.15) is 30.0 Å². The van der Waals surface area contributed by atoms with Crippen molar-refractivity contribution in [1.29, 1.82) is 0 Å². The molecule has 0 aliphatic heterocycles. The highest BCUT2D eigenvalue weighted by Gasteiger charge is 2.20. The van der Waals surface area contributed by atoms with Crippen molar-refractivity contribution in [3.8, 4) is 0 Å². The van der Waals surface area contributed by atoms with Crippen LogP contribution in [-0.4, -0.2) is 23.0 Å². The first kappa shape index (κ1) is 13.8. The Bertz CT molecular complexity index is 495. The summed E-state index contributed by atoms with van der Waals surface area (Å²) in [5.74, 6) is 1.87. The Morgan fingerprint density at radius 1 is 1.26 bits per heavy atom. The fourth-order valence-electron chi connectivity index (χ4n) is 2.24. The van der Waals surface area contributed by atoms with Crippen molar-refractivity contribution >= 4 is 0 Å². The molecule has 1 unspecified atom stereocenters. The summed E-state index contributed by atoms with van der Waals surface area (Å²) in [6, 6.07) is 8.18. The zero-order chi connectivity index (χ0) is 13.7. The molecule has 0 radical (unpaired) electrons. The highest BCUT2D eigenvalue weighted by Crippen LogP contribution is 2.23. The number of aromatic nitrogens is 1. The molecule has 2 rings (SSSR count). The zero-order valence-corrected chi connectivity index (χ0v) is 11.5. The molecule has 1 atom stereocenters. The molecule has 2 aromatic rings. The number of rotatable bonds is 6. The molecule has 0 saturated carbocycles. The van der Waals surface area contributed by atoms with Gasteiger partial charge in [-0.1, -0.05) is 6.92 Å². The smallest absolute Gasteiger partial charge is 0.122 e. The molecule has 0 bridgehead atoms. The van der Waals surface area contributed by atoms with Crippen LogP contribution in [0.5, 0.6) is 0 Å². The lowest BCUT2D eigenvalue weighted by Gasteiger charge is -2.28. The Morgan fingerprint density at radius 2 is 2.00 bits per heavy atom. The number of hydrogen-bond donors (Lipinski definition) is 1. The second-order valence-corrected chi connectivity index (χ2v) is 4.62. The Labute approximate surface area is 114 Å². The minimum absolute atomic E-state index is 0.117. The normalized spacial score (nSPS) is 12.8. The van der Waals surface area contributed by atoms with Crippen LogP contribution in [0.4, 0.5) is 0 Å². The van der Waals surface area contributed by atoms with Crippen LogP contribution < -0.4 is 5.73 Å². The number of hydrogen-bond acceptors (Lipinski definition) is 4. The van der Waals surface area contributed by atoms with Crippen LogP contribution in [0, 0.1) is 6.92 Å². The van der Waals surface area contributed by atoms with Crippen LogP contribution in [0.25, 0.3) is 0 Å². The molecule has 0 saturated heterocycles. The maximum absolute atomic E-state index is 5.93. The minimum atomic E-state index is 0.117. The molecule has 0 spiro atoms. The van der Waals surface area contributed by atoms with E-state index in [1.165, 1.54) is 5.56 Å². The third kappa shape index (κ3) is 3.43. The van der Waals surface area contributed by atoms with Gasteiger partial charge in [0.25, 0.3) is 0 Å². The Kier molecular flexibility index (Phi) is 4.71. The van der Waals surface area contributed by atoms with E-state index in [1.807, 2.05) is 43.6 Å². The van der Waals surface area contributed by atoms with Gasteiger partial charge in [0.15, 0.2) is 0 Å². The van der Waals surface area contributed by atoms with E-state index in [1.54, 1.807) is 0 Å². The van der Waals surface area contributed by atoms with E-state index >= 15 is 0 Å². The second kappa shape index (κ2) is 6.50. The summed E-state index contributed by atoms with van der Waals surface area (Å²) < 4.78 is 5.72. The van der Waals surface area contributed by atoms with Gasteiger partial charge in [-0.3, -0.25) is 9.88 Å². The van der Waals surface area contributed by atoms with E-state index in [9.17, 15) is 0 Å². The van der Waals surface area contributed by atoms with Crippen molar-refractivity contribution in [2.45, 2.75) is 26.4 Å². The van der Waals surface area contributed by atoms with Crippen LogP contribution in [0.3, 0.4) is 0 Å². The summed E-state index contributed by atoms with van der Waals surface area (Å²) in [6.45, 7) is 6.41. The topological polar surface area (TPSA) is 55.3 Å². The molecule has 19 heavy (non-hydrogen) atoms. The van der Waals surface area contributed by atoms with Crippen molar-refractivity contribution < 1.29 is 4.42 Å². The van der Waals surface area contributed by atoms with E-state index in [0.717, 1.165) is 24.6 Å². The molecule has 0 fully saturated rings. The highest BCUT2D eigenvalue weighted by atomic mass is 16.3. The van der Waals surface area contributed by atoms with E-state index < -0.39 is 0 Å². The van der Waals surface area contributed by atoms with Gasteiger partial charge in [0.2, 0.25) is 0 Å². The van der Waals surface area contributed by atoms with Gasteiger partial charge < -0.3 is 10.2 Å². The fraction of sp³-hybridized carbons (Fsp3) is 0.400. The predicted molar refractivity (Wildman–Crippen MR) is 75.6 cm³/mol. The largest absolute Gasteiger partial charge is 0.465 e. The number of likely N-dealkylation sites (N-methyl/N-ethyl adjacent to an activating group) is 1. The van der Waals surface area contributed by atoms with Crippen LogP contribution >= 0.6 is 0 Å². The molecule has 102 valence electrons. The molecule has 4 heteroatoms. The summed E-state index contributed by atoms with van der Waals surface area (Å²) in [5, 5.41) is 0. The number of aryl methyl sites for hydroxylation is 1. The van der Waals surface area contributed by atoms with Crippen molar-refractivity contribution in [3.05, 3.63) is 53.7 Å². The predicted octanol–water partition coefficient (Wildman–Crippen LogP) is 2.50. The van der Waals surface area contributed by atoms with E-state index in [2.05, 4.69) is 16.8 Å². The van der Waals surface area contributed by atoms with Gasteiger partial charge in [-0.05, 0) is 43.3 Å². The average molecular weight is 259 g/mol. The van der Waals surface area contributed by atoms with Crippen LogP contribution in [0.2, 0.25) is 0 Å². The summed E-state index contributed by atoms with van der Waals surface area (Å²) in [5.41, 5.74) is 7.16. The van der Waals surface area contributed by atoms with Crippen molar-refractivity contribution in [3.63, 3.8) is 0 Å². The second-order valence-electron chi connectivity index (χ2n) is 4.62. The maximum atomic E-state index is 5.93. The lowest BCUT2D eigenvalue weighted by Crippen LogP contribution is -2.33. The molecular weight excluding hydrogens is 238 g/mol. The summed E-state index contributed by atoms with van der Waals surface area (Å²) in [6.07, 6.45) is 3.63. The first-order valence-electron chi connectivity index (χ1n) is 6.64. The summed E-state index contributed by atoms with van der Waals surface area (Å²) in [4.78, 5) is 6.36. The minimum Gasteiger partial charge on any atom is -0.465 e. The number of nitrogens with two attached hydrogens (primary N) is 1. The highest BCUT2D eigenvalue weighted by molar-refractivity contribution is 5.13. The number of pyridine rings is 1. The Balaban J connectivity index is 2.15. The Morgan fingerprint density at radius 3 is 2.53 bits per heavy atom. The molecule has 2 N–H and O–H groups in total. The van der Waals surface area contributed by atoms with E-state index in [0.29, 0.717) is 6.54 Å². The molecular formula is C15H21N3O. The van der Waals surface area contributed by atoms with E-state index in [-0.39, 0.29) is 6.04 Å². The fourth-order valence-corrected chi connectivity index (χ4v) is 2.24. The van der Waals surface area contributed by atoms with Crippen LogP contribution in [0.15, 0.2) is 41.1 Å². The lowest BCUT2D eigenvalue weighted by molar-refractivity contribution is 0.178. The van der Waals surface area contributed by atoms with Crippen LogP contribution in [-0.2, 0) is 6.54 Å². The van der Waals surface area contributed by atoms with Gasteiger partial charge in [-0.2, -0.15) is 0 Å². The Hall–Kier alpha value is -1.65. The third-order valence-corrected chi connectivity index (χ3v) is 3.29. The first-order chi connectivity index (χ1) is 9.24. The lowest BCUT2D eigenvalue weighted by atomic mass is 10.1. The molecule has 0 aliphatic carbocycles. The molecule has 4 nitrogen and oxygen atoms in total. The number of nitrogens with zero attached hydrogens (tertiary/aromatic N) is 2.